The predicted octanol–water partition coefficient (Wildman–Crippen LogP) is 1.21. The second kappa shape index (κ2) is 7.02. The Hall–Kier alpha value is -2.74. The van der Waals surface area contributed by atoms with Crippen LogP contribution in [0.1, 0.15) is 23.0 Å². The van der Waals surface area contributed by atoms with Crippen LogP contribution in [0.2, 0.25) is 0 Å². The van der Waals surface area contributed by atoms with E-state index in [1.165, 1.54) is 7.11 Å². The van der Waals surface area contributed by atoms with E-state index in [0.717, 1.165) is 17.0 Å². The van der Waals surface area contributed by atoms with Gasteiger partial charge in [-0.15, -0.1) is 0 Å². The first-order valence-corrected chi connectivity index (χ1v) is 7.79. The maximum atomic E-state index is 12.1. The van der Waals surface area contributed by atoms with Crippen molar-refractivity contribution in [3.63, 3.8) is 0 Å². The maximum Gasteiger partial charge on any atom is 0.323 e. The molecule has 1 aromatic heterocycles. The molecule has 0 spiro atoms. The molecule has 0 fully saturated rings. The smallest absolute Gasteiger partial charge is 0.323 e. The number of benzene rings is 1. The molecule has 0 radical (unpaired) electrons. The number of nitrogens with one attached hydrogen (secondary N) is 2. The molecule has 2 N–H and O–H groups in total. The average Bonchev–Trinajstić information content (AvgIpc) is 3.13. The van der Waals surface area contributed by atoms with Crippen LogP contribution in [0.4, 0.5) is 0 Å². The molecule has 0 unspecified atom stereocenters. The minimum absolute atomic E-state index is 0.329. The van der Waals surface area contributed by atoms with Crippen LogP contribution in [-0.4, -0.2) is 50.4 Å². The summed E-state index contributed by atoms with van der Waals surface area (Å²) in [5.41, 5.74) is 2.49. The van der Waals surface area contributed by atoms with Crippen molar-refractivity contribution in [3.05, 3.63) is 35.4 Å². The van der Waals surface area contributed by atoms with E-state index < -0.39 is 6.04 Å². The van der Waals surface area contributed by atoms with Crippen molar-refractivity contribution in [1.29, 1.82) is 0 Å². The molecule has 25 heavy (non-hydrogen) atoms. The number of fused-ring (bicyclic) bond motifs is 1. The SMILES string of the molecule is COC(=O)[C@H]1Cc2[nH]cnc2[C@@H](c2ccc(OC)c(OC)c2OC)N1. The van der Waals surface area contributed by atoms with Gasteiger partial charge in [0.05, 0.1) is 46.5 Å². The van der Waals surface area contributed by atoms with E-state index >= 15 is 0 Å². The predicted molar refractivity (Wildman–Crippen MR) is 89.2 cm³/mol. The number of aromatic amines is 1. The van der Waals surface area contributed by atoms with E-state index in [1.54, 1.807) is 33.7 Å². The number of nitrogens with zero attached hydrogens (tertiary/aromatic N) is 1. The number of aromatic nitrogens is 2. The number of hydrogen-bond donors (Lipinski definition) is 2. The van der Waals surface area contributed by atoms with Crippen molar-refractivity contribution in [2.45, 2.75) is 18.5 Å². The third kappa shape index (κ3) is 2.89. The molecule has 2 aromatic rings. The van der Waals surface area contributed by atoms with Crippen LogP contribution >= 0.6 is 0 Å². The molecule has 3 rings (SSSR count). The van der Waals surface area contributed by atoms with Gasteiger partial charge in [-0.3, -0.25) is 10.1 Å². The lowest BCUT2D eigenvalue weighted by atomic mass is 9.93. The van der Waals surface area contributed by atoms with E-state index in [9.17, 15) is 4.79 Å². The summed E-state index contributed by atoms with van der Waals surface area (Å²) in [6.45, 7) is 0. The molecule has 0 aliphatic carbocycles. The van der Waals surface area contributed by atoms with Gasteiger partial charge in [-0.1, -0.05) is 0 Å². The fourth-order valence-corrected chi connectivity index (χ4v) is 3.17. The van der Waals surface area contributed by atoms with Gasteiger partial charge in [-0.25, -0.2) is 4.98 Å². The Labute approximate surface area is 145 Å². The lowest BCUT2D eigenvalue weighted by Crippen LogP contribution is -2.45. The van der Waals surface area contributed by atoms with Crippen LogP contribution in [0.15, 0.2) is 18.5 Å². The van der Waals surface area contributed by atoms with Crippen molar-refractivity contribution in [2.24, 2.45) is 0 Å². The number of carbonyl (C=O) groups excluding carboxylic acids is 1. The molecule has 8 heteroatoms. The number of esters is 1. The zero-order valence-electron chi connectivity index (χ0n) is 14.6. The molecule has 1 aromatic carbocycles. The normalized spacial score (nSPS) is 19.0. The number of carbonyl (C=O) groups is 1. The molecule has 2 heterocycles. The molecular formula is C17H21N3O5. The summed E-state index contributed by atoms with van der Waals surface area (Å²) in [7, 11) is 6.05. The minimum Gasteiger partial charge on any atom is -0.493 e. The largest absolute Gasteiger partial charge is 0.493 e. The van der Waals surface area contributed by atoms with Gasteiger partial charge in [0.15, 0.2) is 11.5 Å². The molecule has 0 bridgehead atoms. The quantitative estimate of drug-likeness (QED) is 0.785. The molecule has 1 aliphatic rings. The lowest BCUT2D eigenvalue weighted by molar-refractivity contribution is -0.143. The van der Waals surface area contributed by atoms with Crippen LogP contribution in [0, 0.1) is 0 Å². The van der Waals surface area contributed by atoms with Gasteiger partial charge in [0.1, 0.15) is 6.04 Å². The molecule has 0 saturated heterocycles. The molecular weight excluding hydrogens is 326 g/mol. The fraction of sp³-hybridized carbons (Fsp3) is 0.412. The number of imidazole rings is 1. The monoisotopic (exact) mass is 347 g/mol. The Bertz CT molecular complexity index is 774. The second-order valence-electron chi connectivity index (χ2n) is 5.57. The molecule has 1 aliphatic heterocycles. The molecule has 8 nitrogen and oxygen atoms in total. The zero-order valence-corrected chi connectivity index (χ0v) is 14.6. The number of H-pyrrole nitrogens is 1. The summed E-state index contributed by atoms with van der Waals surface area (Å²) < 4.78 is 21.3. The van der Waals surface area contributed by atoms with Crippen LogP contribution < -0.4 is 19.5 Å². The van der Waals surface area contributed by atoms with Crippen molar-refractivity contribution in [2.75, 3.05) is 28.4 Å². The second-order valence-corrected chi connectivity index (χ2v) is 5.57. The Balaban J connectivity index is 2.10. The summed E-state index contributed by atoms with van der Waals surface area (Å²) in [6, 6.07) is 2.83. The van der Waals surface area contributed by atoms with Gasteiger partial charge in [0, 0.05) is 17.7 Å². The van der Waals surface area contributed by atoms with Crippen molar-refractivity contribution < 1.29 is 23.7 Å². The number of hydrogen-bond acceptors (Lipinski definition) is 7. The Morgan fingerprint density at radius 1 is 1.12 bits per heavy atom. The standard InChI is InChI=1S/C17H21N3O5/c1-22-12-6-5-9(15(23-2)16(12)24-3)13-14-10(18-8-19-14)7-11(20-13)17(21)25-4/h5-6,8,11,13,20H,7H2,1-4H3,(H,18,19)/t11-,13-/m1/s1. The highest BCUT2D eigenvalue weighted by Gasteiger charge is 2.36. The Morgan fingerprint density at radius 2 is 1.88 bits per heavy atom. The van der Waals surface area contributed by atoms with Gasteiger partial charge in [0.2, 0.25) is 5.75 Å². The summed E-state index contributed by atoms with van der Waals surface area (Å²) in [4.78, 5) is 19.6. The highest BCUT2D eigenvalue weighted by atomic mass is 16.5. The minimum atomic E-state index is -0.485. The van der Waals surface area contributed by atoms with Crippen molar-refractivity contribution >= 4 is 5.97 Å². The van der Waals surface area contributed by atoms with E-state index in [2.05, 4.69) is 15.3 Å². The van der Waals surface area contributed by atoms with Crippen LogP contribution in [-0.2, 0) is 16.0 Å². The third-order valence-corrected chi connectivity index (χ3v) is 4.33. The molecule has 0 saturated carbocycles. The van der Waals surface area contributed by atoms with Gasteiger partial charge in [0.25, 0.3) is 0 Å². The third-order valence-electron chi connectivity index (χ3n) is 4.33. The topological polar surface area (TPSA) is 94.7 Å². The average molecular weight is 347 g/mol. The van der Waals surface area contributed by atoms with E-state index in [0.29, 0.717) is 23.7 Å². The summed E-state index contributed by atoms with van der Waals surface area (Å²) in [5.74, 6) is 1.25. The van der Waals surface area contributed by atoms with E-state index in [4.69, 9.17) is 18.9 Å². The number of methoxy groups -OCH3 is 4. The first-order valence-electron chi connectivity index (χ1n) is 7.79. The highest BCUT2D eigenvalue weighted by molar-refractivity contribution is 5.77. The van der Waals surface area contributed by atoms with E-state index in [1.807, 2.05) is 6.07 Å². The Morgan fingerprint density at radius 3 is 2.52 bits per heavy atom. The first-order chi connectivity index (χ1) is 12.1. The lowest BCUT2D eigenvalue weighted by Gasteiger charge is -2.30. The fourth-order valence-electron chi connectivity index (χ4n) is 3.17. The van der Waals surface area contributed by atoms with Crippen LogP contribution in [0.3, 0.4) is 0 Å². The molecule has 134 valence electrons. The van der Waals surface area contributed by atoms with Crippen molar-refractivity contribution in [3.8, 4) is 17.2 Å². The number of rotatable bonds is 5. The van der Waals surface area contributed by atoms with Crippen molar-refractivity contribution in [1.82, 2.24) is 15.3 Å². The van der Waals surface area contributed by atoms with Gasteiger partial charge in [-0.05, 0) is 12.1 Å². The molecule has 2 atom stereocenters. The van der Waals surface area contributed by atoms with E-state index in [-0.39, 0.29) is 12.0 Å². The van der Waals surface area contributed by atoms with Gasteiger partial charge < -0.3 is 23.9 Å². The van der Waals surface area contributed by atoms with Crippen LogP contribution in [0.25, 0.3) is 0 Å². The summed E-state index contributed by atoms with van der Waals surface area (Å²) in [5, 5.41) is 3.29. The first kappa shape index (κ1) is 17.1. The van der Waals surface area contributed by atoms with Crippen LogP contribution in [0.5, 0.6) is 17.2 Å². The Kier molecular flexibility index (Phi) is 4.80. The van der Waals surface area contributed by atoms with Gasteiger partial charge in [-0.2, -0.15) is 0 Å². The highest BCUT2D eigenvalue weighted by Crippen LogP contribution is 2.44. The maximum absolute atomic E-state index is 12.1. The number of ether oxygens (including phenoxy) is 4. The summed E-state index contributed by atoms with van der Waals surface area (Å²) in [6.07, 6.45) is 2.10. The molecule has 0 amide bonds. The summed E-state index contributed by atoms with van der Waals surface area (Å²) >= 11 is 0. The van der Waals surface area contributed by atoms with Gasteiger partial charge >= 0.3 is 5.97 Å². The zero-order chi connectivity index (χ0) is 18.0.